The third kappa shape index (κ3) is 5.44. The van der Waals surface area contributed by atoms with Gasteiger partial charge in [0, 0.05) is 0 Å². The maximum absolute atomic E-state index is 13.0. The van der Waals surface area contributed by atoms with Gasteiger partial charge in [-0.3, -0.25) is 9.78 Å². The van der Waals surface area contributed by atoms with Crippen molar-refractivity contribution in [3.05, 3.63) is 59.7 Å². The molecule has 29 heavy (non-hydrogen) atoms. The summed E-state index contributed by atoms with van der Waals surface area (Å²) in [4.78, 5) is 16.3. The normalized spacial score (nSPS) is 17.3. The second-order valence-corrected chi connectivity index (χ2v) is 7.37. The maximum Gasteiger partial charge on any atom is 0.422 e. The Morgan fingerprint density at radius 2 is 2.00 bits per heavy atom. The average Bonchev–Trinajstić information content (AvgIpc) is 3.40. The number of benzene rings is 1. The van der Waals surface area contributed by atoms with E-state index in [0.717, 1.165) is 12.3 Å². The summed E-state index contributed by atoms with van der Waals surface area (Å²) in [6, 6.07) is 8.59. The predicted molar refractivity (Wildman–Crippen MR) is 95.4 cm³/mol. The number of halogens is 4. The number of hydrogen-bond acceptors (Lipinski definition) is 4. The van der Waals surface area contributed by atoms with Crippen LogP contribution in [0.25, 0.3) is 0 Å². The third-order valence-corrected chi connectivity index (χ3v) is 4.70. The maximum atomic E-state index is 13.0. The molecular formula is C20H20F4N2O3. The van der Waals surface area contributed by atoms with Gasteiger partial charge < -0.3 is 15.2 Å². The fourth-order valence-electron chi connectivity index (χ4n) is 3.07. The first-order valence-electron chi connectivity index (χ1n) is 8.95. The number of nitrogens with one attached hydrogen (secondary N) is 1. The van der Waals surface area contributed by atoms with Gasteiger partial charge in [-0.1, -0.05) is 12.1 Å². The van der Waals surface area contributed by atoms with Crippen LogP contribution in [-0.4, -0.2) is 28.8 Å². The van der Waals surface area contributed by atoms with Crippen molar-refractivity contribution in [1.82, 2.24) is 10.3 Å². The fourth-order valence-corrected chi connectivity index (χ4v) is 3.07. The summed E-state index contributed by atoms with van der Waals surface area (Å²) in [6.07, 6.45) is -2.58. The van der Waals surface area contributed by atoms with Gasteiger partial charge in [0.25, 0.3) is 0 Å². The van der Waals surface area contributed by atoms with E-state index in [-0.39, 0.29) is 17.9 Å². The largest absolute Gasteiger partial charge is 0.484 e. The molecule has 0 spiro atoms. The smallest absolute Gasteiger partial charge is 0.422 e. The van der Waals surface area contributed by atoms with Crippen LogP contribution in [0.1, 0.15) is 37.4 Å². The summed E-state index contributed by atoms with van der Waals surface area (Å²) < 4.78 is 54.8. The monoisotopic (exact) mass is 412 g/mol. The molecule has 156 valence electrons. The predicted octanol–water partition coefficient (Wildman–Crippen LogP) is 3.56. The minimum atomic E-state index is -4.44. The molecule has 9 heteroatoms. The lowest BCUT2D eigenvalue weighted by atomic mass is 9.96. The van der Waals surface area contributed by atoms with Crippen LogP contribution in [-0.2, 0) is 15.9 Å². The van der Waals surface area contributed by atoms with Crippen molar-refractivity contribution < 1.29 is 32.2 Å². The summed E-state index contributed by atoms with van der Waals surface area (Å²) in [5.41, 5.74) is -1.53. The van der Waals surface area contributed by atoms with E-state index in [9.17, 15) is 27.5 Å². The highest BCUT2D eigenvalue weighted by molar-refractivity contribution is 5.78. The number of nitrogens with zero attached hydrogens (tertiary/aromatic N) is 1. The Hall–Kier alpha value is -2.68. The summed E-state index contributed by atoms with van der Waals surface area (Å²) in [7, 11) is 0. The first kappa shape index (κ1) is 21.0. The molecule has 0 bridgehead atoms. The van der Waals surface area contributed by atoms with Gasteiger partial charge >= 0.3 is 6.18 Å². The lowest BCUT2D eigenvalue weighted by molar-refractivity contribution is -0.153. The van der Waals surface area contributed by atoms with E-state index >= 15 is 0 Å². The number of carbonyl (C=O) groups is 1. The van der Waals surface area contributed by atoms with Crippen molar-refractivity contribution in [3.63, 3.8) is 0 Å². The topological polar surface area (TPSA) is 71.5 Å². The zero-order chi connectivity index (χ0) is 21.3. The third-order valence-electron chi connectivity index (χ3n) is 4.70. The van der Waals surface area contributed by atoms with Crippen LogP contribution in [0.3, 0.4) is 0 Å². The van der Waals surface area contributed by atoms with Gasteiger partial charge in [0.15, 0.2) is 6.61 Å². The van der Waals surface area contributed by atoms with E-state index in [1.165, 1.54) is 25.1 Å². The molecular weight excluding hydrogens is 392 g/mol. The number of aromatic nitrogens is 1. The van der Waals surface area contributed by atoms with E-state index in [1.54, 1.807) is 12.1 Å². The van der Waals surface area contributed by atoms with Gasteiger partial charge in [-0.15, -0.1) is 0 Å². The number of carbonyl (C=O) groups excluding carboxylic acids is 1. The number of pyridine rings is 1. The molecule has 1 aliphatic rings. The van der Waals surface area contributed by atoms with Gasteiger partial charge in [0.2, 0.25) is 5.91 Å². The van der Waals surface area contributed by atoms with Crippen molar-refractivity contribution in [1.29, 1.82) is 0 Å². The average molecular weight is 412 g/mol. The minimum absolute atomic E-state index is 0.0582. The van der Waals surface area contributed by atoms with E-state index in [2.05, 4.69) is 10.3 Å². The Kier molecular flexibility index (Phi) is 5.53. The number of aliphatic hydroxyl groups is 1. The van der Waals surface area contributed by atoms with Crippen LogP contribution in [0.4, 0.5) is 17.6 Å². The van der Waals surface area contributed by atoms with Gasteiger partial charge in [0.1, 0.15) is 17.2 Å². The summed E-state index contributed by atoms with van der Waals surface area (Å²) >= 11 is 0. The molecule has 0 unspecified atom stereocenters. The Labute approximate surface area is 164 Å². The van der Waals surface area contributed by atoms with Crippen LogP contribution in [0, 0.1) is 5.82 Å². The summed E-state index contributed by atoms with van der Waals surface area (Å²) in [6.45, 7) is 0.00133. The number of alkyl halides is 3. The number of rotatable bonds is 7. The zero-order valence-electron chi connectivity index (χ0n) is 15.6. The SMILES string of the molecule is C[C@@](O)(CC(=O)NC1(c2cccc(OCC(F)(F)F)c2)CC1)c1ccc(F)cn1. The van der Waals surface area contributed by atoms with Crippen LogP contribution < -0.4 is 10.1 Å². The van der Waals surface area contributed by atoms with Crippen molar-refractivity contribution in [2.24, 2.45) is 0 Å². The zero-order valence-corrected chi connectivity index (χ0v) is 15.6. The molecule has 1 aromatic carbocycles. The quantitative estimate of drug-likeness (QED) is 0.683. The molecule has 0 aliphatic heterocycles. The molecule has 1 atom stereocenters. The van der Waals surface area contributed by atoms with Gasteiger partial charge in [0.05, 0.1) is 23.9 Å². The van der Waals surface area contributed by atoms with E-state index in [0.29, 0.717) is 18.4 Å². The molecule has 1 aromatic heterocycles. The molecule has 0 radical (unpaired) electrons. The Bertz CT molecular complexity index is 878. The molecule has 0 saturated heterocycles. The van der Waals surface area contributed by atoms with Crippen LogP contribution in [0.2, 0.25) is 0 Å². The van der Waals surface area contributed by atoms with E-state index < -0.39 is 35.6 Å². The molecule has 1 aliphatic carbocycles. The van der Waals surface area contributed by atoms with E-state index in [4.69, 9.17) is 4.74 Å². The second-order valence-electron chi connectivity index (χ2n) is 7.37. The highest BCUT2D eigenvalue weighted by Crippen LogP contribution is 2.46. The summed E-state index contributed by atoms with van der Waals surface area (Å²) in [5.74, 6) is -0.957. The van der Waals surface area contributed by atoms with Crippen LogP contribution in [0.5, 0.6) is 5.75 Å². The lowest BCUT2D eigenvalue weighted by Gasteiger charge is -2.25. The highest BCUT2D eigenvalue weighted by atomic mass is 19.4. The first-order valence-corrected chi connectivity index (χ1v) is 8.95. The molecule has 1 amide bonds. The van der Waals surface area contributed by atoms with Crippen molar-refractivity contribution in [2.45, 2.75) is 43.5 Å². The number of ether oxygens (including phenoxy) is 1. The van der Waals surface area contributed by atoms with Crippen LogP contribution in [0.15, 0.2) is 42.6 Å². The van der Waals surface area contributed by atoms with Crippen molar-refractivity contribution in [3.8, 4) is 5.75 Å². The standard InChI is InChI=1S/C20H20F4N2O3/c1-18(28,16-6-5-14(21)11-25-16)10-17(27)26-19(7-8-19)13-3-2-4-15(9-13)29-12-20(22,23)24/h2-6,9,11,28H,7-8,10,12H2,1H3,(H,26,27)/t18-/m1/s1. The second kappa shape index (κ2) is 7.62. The minimum Gasteiger partial charge on any atom is -0.484 e. The van der Waals surface area contributed by atoms with Crippen molar-refractivity contribution in [2.75, 3.05) is 6.61 Å². The molecule has 2 aromatic rings. The molecule has 1 fully saturated rings. The van der Waals surface area contributed by atoms with Crippen molar-refractivity contribution >= 4 is 5.91 Å². The molecule has 2 N–H and O–H groups in total. The fraction of sp³-hybridized carbons (Fsp3) is 0.400. The van der Waals surface area contributed by atoms with Crippen LogP contribution >= 0.6 is 0 Å². The number of hydrogen-bond donors (Lipinski definition) is 2. The van der Waals surface area contributed by atoms with Gasteiger partial charge in [-0.2, -0.15) is 13.2 Å². The Balaban J connectivity index is 1.66. The molecule has 1 heterocycles. The molecule has 3 rings (SSSR count). The van der Waals surface area contributed by atoms with Gasteiger partial charge in [-0.05, 0) is 49.6 Å². The first-order chi connectivity index (χ1) is 13.5. The molecule has 1 saturated carbocycles. The lowest BCUT2D eigenvalue weighted by Crippen LogP contribution is -2.39. The highest BCUT2D eigenvalue weighted by Gasteiger charge is 2.46. The van der Waals surface area contributed by atoms with E-state index in [1.807, 2.05) is 0 Å². The Morgan fingerprint density at radius 3 is 2.59 bits per heavy atom. The molecule has 5 nitrogen and oxygen atoms in total. The van der Waals surface area contributed by atoms with Gasteiger partial charge in [-0.25, -0.2) is 4.39 Å². The number of amides is 1. The summed E-state index contributed by atoms with van der Waals surface area (Å²) in [5, 5.41) is 13.4. The Morgan fingerprint density at radius 1 is 1.28 bits per heavy atom.